The van der Waals surface area contributed by atoms with Gasteiger partial charge in [-0.05, 0) is 25.1 Å². The van der Waals surface area contributed by atoms with Gasteiger partial charge in [0.2, 0.25) is 0 Å². The molecule has 21 heavy (non-hydrogen) atoms. The maximum Gasteiger partial charge on any atom is 0.339 e. The predicted octanol–water partition coefficient (Wildman–Crippen LogP) is 2.33. The third-order valence-electron chi connectivity index (χ3n) is 3.38. The highest BCUT2D eigenvalue weighted by Crippen LogP contribution is 2.36. The Kier molecular flexibility index (Phi) is 3.13. The topological polar surface area (TPSA) is 80.0 Å². The van der Waals surface area contributed by atoms with E-state index in [1.54, 1.807) is 25.1 Å². The summed E-state index contributed by atoms with van der Waals surface area (Å²) >= 11 is 0. The van der Waals surface area contributed by atoms with Crippen LogP contribution in [0.4, 0.5) is 5.69 Å². The van der Waals surface area contributed by atoms with Gasteiger partial charge in [-0.2, -0.15) is 0 Å². The van der Waals surface area contributed by atoms with E-state index in [1.807, 2.05) is 0 Å². The second-order valence-electron chi connectivity index (χ2n) is 4.70. The summed E-state index contributed by atoms with van der Waals surface area (Å²) in [4.78, 5) is 25.3. The minimum absolute atomic E-state index is 0.0427. The molecule has 0 radical (unpaired) electrons. The molecular weight excluding hydrogens is 274 g/mol. The summed E-state index contributed by atoms with van der Waals surface area (Å²) in [5, 5.41) is 9.19. The molecule has 1 aliphatic heterocycles. The number of carbonyl (C=O) groups excluding carboxylic acids is 1. The Hall–Kier alpha value is -2.76. The normalized spacial score (nSPS) is 13.5. The molecule has 1 aromatic carbocycles. The fraction of sp³-hybridized carbons (Fsp3) is 0.200. The zero-order valence-electron chi connectivity index (χ0n) is 11.3. The van der Waals surface area contributed by atoms with Crippen LogP contribution in [0.2, 0.25) is 0 Å². The number of aromatic carboxylic acids is 1. The van der Waals surface area contributed by atoms with Crippen molar-refractivity contribution in [2.24, 2.45) is 0 Å². The smallest absolute Gasteiger partial charge is 0.339 e. The molecule has 0 saturated carbocycles. The molecule has 0 atom stereocenters. The highest BCUT2D eigenvalue weighted by atomic mass is 16.5. The molecule has 1 aliphatic rings. The second-order valence-corrected chi connectivity index (χ2v) is 4.70. The fourth-order valence-electron chi connectivity index (χ4n) is 2.34. The Labute approximate surface area is 120 Å². The van der Waals surface area contributed by atoms with E-state index in [0.717, 1.165) is 5.56 Å². The molecule has 3 rings (SSSR count). The maximum absolute atomic E-state index is 12.6. The number of ether oxygens (including phenoxy) is 1. The summed E-state index contributed by atoms with van der Waals surface area (Å²) in [6.45, 7) is 2.36. The first kappa shape index (κ1) is 13.2. The van der Waals surface area contributed by atoms with Crippen molar-refractivity contribution in [2.45, 2.75) is 6.92 Å². The Bertz CT molecular complexity index is 719. The first-order valence-corrected chi connectivity index (χ1v) is 6.44. The van der Waals surface area contributed by atoms with Crippen LogP contribution in [0.25, 0.3) is 0 Å². The molecule has 6 heteroatoms. The lowest BCUT2D eigenvalue weighted by atomic mass is 10.1. The van der Waals surface area contributed by atoms with Gasteiger partial charge in [0.15, 0.2) is 11.5 Å². The van der Waals surface area contributed by atoms with Crippen molar-refractivity contribution in [2.75, 3.05) is 18.1 Å². The summed E-state index contributed by atoms with van der Waals surface area (Å²) in [6.07, 6.45) is 1.46. The highest BCUT2D eigenvalue weighted by molar-refractivity contribution is 6.07. The number of rotatable bonds is 2. The molecule has 1 aromatic heterocycles. The number of hydrogen-bond donors (Lipinski definition) is 1. The van der Waals surface area contributed by atoms with Gasteiger partial charge in [0.1, 0.15) is 12.2 Å². The van der Waals surface area contributed by atoms with Gasteiger partial charge in [-0.15, -0.1) is 0 Å². The average molecular weight is 287 g/mol. The Morgan fingerprint density at radius 2 is 2.10 bits per heavy atom. The number of nitrogens with zero attached hydrogens (tertiary/aromatic N) is 1. The monoisotopic (exact) mass is 287 g/mol. The van der Waals surface area contributed by atoms with Crippen LogP contribution < -0.4 is 9.64 Å². The van der Waals surface area contributed by atoms with Gasteiger partial charge in [-0.1, -0.05) is 6.07 Å². The molecule has 1 N–H and O–H groups in total. The quantitative estimate of drug-likeness (QED) is 0.916. The summed E-state index contributed by atoms with van der Waals surface area (Å²) in [7, 11) is 0. The standard InChI is InChI=1S/C15H13NO5/c1-9-5-7-20-12(9)14(17)16-6-8-21-13-10(15(18)19)3-2-4-11(13)16/h2-5,7H,6,8H2,1H3,(H,18,19). The van der Waals surface area contributed by atoms with E-state index in [2.05, 4.69) is 0 Å². The lowest BCUT2D eigenvalue weighted by molar-refractivity contribution is 0.0690. The van der Waals surface area contributed by atoms with Crippen LogP contribution in [0.3, 0.4) is 0 Å². The van der Waals surface area contributed by atoms with Crippen LogP contribution in [0.5, 0.6) is 5.75 Å². The fourth-order valence-corrected chi connectivity index (χ4v) is 2.34. The van der Waals surface area contributed by atoms with Crippen molar-refractivity contribution in [3.8, 4) is 5.75 Å². The van der Waals surface area contributed by atoms with Crippen molar-refractivity contribution in [1.29, 1.82) is 0 Å². The second kappa shape index (κ2) is 4.97. The molecule has 1 amide bonds. The molecule has 0 fully saturated rings. The zero-order chi connectivity index (χ0) is 15.0. The van der Waals surface area contributed by atoms with Gasteiger partial charge < -0.3 is 14.3 Å². The molecule has 2 aromatic rings. The third-order valence-corrected chi connectivity index (χ3v) is 3.38. The highest BCUT2D eigenvalue weighted by Gasteiger charge is 2.30. The largest absolute Gasteiger partial charge is 0.489 e. The van der Waals surface area contributed by atoms with Crippen LogP contribution in [-0.2, 0) is 0 Å². The van der Waals surface area contributed by atoms with Crippen molar-refractivity contribution >= 4 is 17.6 Å². The summed E-state index contributed by atoms with van der Waals surface area (Å²) in [5.41, 5.74) is 1.23. The summed E-state index contributed by atoms with van der Waals surface area (Å²) < 4.78 is 10.7. The zero-order valence-corrected chi connectivity index (χ0v) is 11.3. The number of fused-ring (bicyclic) bond motifs is 1. The minimum atomic E-state index is -1.09. The molecule has 108 valence electrons. The van der Waals surface area contributed by atoms with E-state index < -0.39 is 5.97 Å². The Morgan fingerprint density at radius 1 is 1.29 bits per heavy atom. The molecule has 0 saturated heterocycles. The number of hydrogen-bond acceptors (Lipinski definition) is 4. The van der Waals surface area contributed by atoms with E-state index in [4.69, 9.17) is 9.15 Å². The number of carbonyl (C=O) groups is 2. The van der Waals surface area contributed by atoms with E-state index in [1.165, 1.54) is 17.2 Å². The maximum atomic E-state index is 12.6. The number of furan rings is 1. The van der Waals surface area contributed by atoms with Gasteiger partial charge in [0.25, 0.3) is 5.91 Å². The molecule has 0 unspecified atom stereocenters. The van der Waals surface area contributed by atoms with Gasteiger partial charge in [-0.3, -0.25) is 9.69 Å². The van der Waals surface area contributed by atoms with Gasteiger partial charge in [0.05, 0.1) is 18.5 Å². The van der Waals surface area contributed by atoms with E-state index in [0.29, 0.717) is 12.2 Å². The van der Waals surface area contributed by atoms with E-state index in [9.17, 15) is 14.7 Å². The van der Waals surface area contributed by atoms with Crippen LogP contribution in [0.1, 0.15) is 26.5 Å². The summed E-state index contributed by atoms with van der Waals surface area (Å²) in [5.74, 6) is -0.919. The number of para-hydroxylation sites is 1. The minimum Gasteiger partial charge on any atom is -0.489 e. The predicted molar refractivity (Wildman–Crippen MR) is 74.0 cm³/mol. The van der Waals surface area contributed by atoms with Crippen molar-refractivity contribution < 1.29 is 23.8 Å². The number of carboxylic acids is 1. The third kappa shape index (κ3) is 2.14. The average Bonchev–Trinajstić information content (AvgIpc) is 2.91. The van der Waals surface area contributed by atoms with Gasteiger partial charge >= 0.3 is 5.97 Å². The van der Waals surface area contributed by atoms with Gasteiger partial charge in [0, 0.05) is 5.56 Å². The first-order chi connectivity index (χ1) is 10.1. The molecule has 0 aliphatic carbocycles. The van der Waals surface area contributed by atoms with E-state index in [-0.39, 0.29) is 29.6 Å². The van der Waals surface area contributed by atoms with Crippen LogP contribution in [-0.4, -0.2) is 30.1 Å². The van der Waals surface area contributed by atoms with Crippen molar-refractivity contribution in [3.63, 3.8) is 0 Å². The summed E-state index contributed by atoms with van der Waals surface area (Å²) in [6, 6.07) is 6.42. The van der Waals surface area contributed by atoms with E-state index >= 15 is 0 Å². The number of aryl methyl sites for hydroxylation is 1. The van der Waals surface area contributed by atoms with Crippen molar-refractivity contribution in [3.05, 3.63) is 47.4 Å². The lowest BCUT2D eigenvalue weighted by Gasteiger charge is -2.29. The van der Waals surface area contributed by atoms with Crippen LogP contribution >= 0.6 is 0 Å². The molecule has 6 nitrogen and oxygen atoms in total. The molecule has 0 bridgehead atoms. The van der Waals surface area contributed by atoms with Gasteiger partial charge in [-0.25, -0.2) is 4.79 Å². The van der Waals surface area contributed by atoms with Crippen LogP contribution in [0, 0.1) is 6.92 Å². The number of amides is 1. The first-order valence-electron chi connectivity index (χ1n) is 6.44. The number of anilines is 1. The Morgan fingerprint density at radius 3 is 2.76 bits per heavy atom. The lowest BCUT2D eigenvalue weighted by Crippen LogP contribution is -2.38. The number of benzene rings is 1. The molecule has 2 heterocycles. The van der Waals surface area contributed by atoms with Crippen molar-refractivity contribution in [1.82, 2.24) is 0 Å². The SMILES string of the molecule is Cc1ccoc1C(=O)N1CCOc2c(C(=O)O)cccc21. The molecule has 0 spiro atoms. The molecular formula is C15H13NO5. The number of carboxylic acid groups (broad SMARTS) is 1. The van der Waals surface area contributed by atoms with Crippen LogP contribution in [0.15, 0.2) is 34.9 Å². The Balaban J connectivity index is 2.05.